The average molecular weight is 304 g/mol. The molecule has 0 aliphatic carbocycles. The molecule has 17 heavy (non-hydrogen) atoms. The lowest BCUT2D eigenvalue weighted by atomic mass is 10.2. The Balaban J connectivity index is 2.82. The Hall–Kier alpha value is -1.47. The minimum atomic E-state index is -1.08. The molecule has 0 aliphatic heterocycles. The summed E-state index contributed by atoms with van der Waals surface area (Å²) in [5, 5.41) is 19.3. The van der Waals surface area contributed by atoms with Gasteiger partial charge in [-0.2, -0.15) is 0 Å². The number of ether oxygens (including phenoxy) is 1. The summed E-state index contributed by atoms with van der Waals surface area (Å²) in [4.78, 5) is 20.7. The highest BCUT2D eigenvalue weighted by atomic mass is 79.9. The molecule has 92 valence electrons. The number of nitro groups is 1. The van der Waals surface area contributed by atoms with E-state index in [9.17, 15) is 14.9 Å². The van der Waals surface area contributed by atoms with E-state index in [1.807, 2.05) is 0 Å². The fraction of sp³-hybridized carbons (Fsp3) is 0.300. The standard InChI is InChI=1S/C10H10BrNO5/c1-6(10(13)14)17-5-7-3-2-4-8(9(7)11)12(15)16/h2-4,6H,5H2,1H3,(H,13,14). The Morgan fingerprint density at radius 1 is 1.65 bits per heavy atom. The number of benzene rings is 1. The zero-order valence-electron chi connectivity index (χ0n) is 8.92. The number of nitro benzene ring substituents is 1. The second-order valence-electron chi connectivity index (χ2n) is 3.30. The van der Waals surface area contributed by atoms with Crippen molar-refractivity contribution in [3.05, 3.63) is 38.3 Å². The summed E-state index contributed by atoms with van der Waals surface area (Å²) in [6, 6.07) is 4.51. The zero-order valence-corrected chi connectivity index (χ0v) is 10.5. The highest BCUT2D eigenvalue weighted by Crippen LogP contribution is 2.28. The van der Waals surface area contributed by atoms with Gasteiger partial charge in [0.2, 0.25) is 0 Å². The van der Waals surface area contributed by atoms with Crippen molar-refractivity contribution < 1.29 is 19.6 Å². The topological polar surface area (TPSA) is 89.7 Å². The van der Waals surface area contributed by atoms with E-state index in [0.29, 0.717) is 10.0 Å². The summed E-state index contributed by atoms with van der Waals surface area (Å²) in [5.74, 6) is -1.08. The molecule has 0 radical (unpaired) electrons. The molecular weight excluding hydrogens is 294 g/mol. The van der Waals surface area contributed by atoms with E-state index in [2.05, 4.69) is 15.9 Å². The Morgan fingerprint density at radius 3 is 2.82 bits per heavy atom. The summed E-state index contributed by atoms with van der Waals surface area (Å²) in [6.45, 7) is 1.39. The third kappa shape index (κ3) is 3.50. The Kier molecular flexibility index (Phi) is 4.59. The third-order valence-electron chi connectivity index (χ3n) is 2.09. The van der Waals surface area contributed by atoms with Gasteiger partial charge in [-0.15, -0.1) is 0 Å². The van der Waals surface area contributed by atoms with Gasteiger partial charge in [0.05, 0.1) is 11.5 Å². The predicted molar refractivity (Wildman–Crippen MR) is 62.7 cm³/mol. The summed E-state index contributed by atoms with van der Waals surface area (Å²) in [7, 11) is 0. The number of hydrogen-bond donors (Lipinski definition) is 1. The van der Waals surface area contributed by atoms with Gasteiger partial charge in [0.1, 0.15) is 4.47 Å². The molecule has 0 amide bonds. The molecule has 0 aliphatic rings. The van der Waals surface area contributed by atoms with Gasteiger partial charge >= 0.3 is 5.97 Å². The number of halogens is 1. The van der Waals surface area contributed by atoms with Gasteiger partial charge in [-0.05, 0) is 28.4 Å². The van der Waals surface area contributed by atoms with Gasteiger partial charge in [0.15, 0.2) is 6.10 Å². The minimum Gasteiger partial charge on any atom is -0.479 e. The molecule has 1 N–H and O–H groups in total. The molecule has 1 aromatic carbocycles. The molecule has 1 aromatic rings. The molecule has 7 heteroatoms. The smallest absolute Gasteiger partial charge is 0.332 e. The molecule has 0 fully saturated rings. The molecular formula is C10H10BrNO5. The van der Waals surface area contributed by atoms with Gasteiger partial charge in [-0.1, -0.05) is 12.1 Å². The van der Waals surface area contributed by atoms with E-state index in [0.717, 1.165) is 0 Å². The fourth-order valence-electron chi connectivity index (χ4n) is 1.10. The number of carboxylic acids is 1. The van der Waals surface area contributed by atoms with E-state index in [-0.39, 0.29) is 12.3 Å². The van der Waals surface area contributed by atoms with Crippen molar-refractivity contribution in [2.75, 3.05) is 0 Å². The maximum absolute atomic E-state index is 10.7. The number of carboxylic acid groups (broad SMARTS) is 1. The molecule has 0 bridgehead atoms. The Morgan fingerprint density at radius 2 is 2.29 bits per heavy atom. The summed E-state index contributed by atoms with van der Waals surface area (Å²) in [6.07, 6.45) is -0.957. The molecule has 0 saturated carbocycles. The molecule has 1 rings (SSSR count). The lowest BCUT2D eigenvalue weighted by molar-refractivity contribution is -0.385. The van der Waals surface area contributed by atoms with Crippen LogP contribution in [0.4, 0.5) is 5.69 Å². The maximum atomic E-state index is 10.7. The van der Waals surface area contributed by atoms with Crippen LogP contribution in [0.15, 0.2) is 22.7 Å². The molecule has 0 heterocycles. The van der Waals surface area contributed by atoms with Crippen LogP contribution >= 0.6 is 15.9 Å². The SMILES string of the molecule is CC(OCc1cccc([N+](=O)[O-])c1Br)C(=O)O. The summed E-state index contributed by atoms with van der Waals surface area (Å²) in [5.41, 5.74) is 0.460. The van der Waals surface area contributed by atoms with Crippen LogP contribution in [0.2, 0.25) is 0 Å². The van der Waals surface area contributed by atoms with Crippen molar-refractivity contribution in [2.24, 2.45) is 0 Å². The van der Waals surface area contributed by atoms with Gasteiger partial charge in [-0.25, -0.2) is 4.79 Å². The summed E-state index contributed by atoms with van der Waals surface area (Å²) >= 11 is 3.10. The van der Waals surface area contributed by atoms with Crippen molar-refractivity contribution in [3.63, 3.8) is 0 Å². The predicted octanol–water partition coefficient (Wildman–Crippen LogP) is 2.35. The fourth-order valence-corrected chi connectivity index (χ4v) is 1.63. The molecule has 0 spiro atoms. The highest BCUT2D eigenvalue weighted by Gasteiger charge is 2.17. The second kappa shape index (κ2) is 5.74. The monoisotopic (exact) mass is 303 g/mol. The van der Waals surface area contributed by atoms with Crippen LogP contribution in [0.25, 0.3) is 0 Å². The van der Waals surface area contributed by atoms with Crippen molar-refractivity contribution in [2.45, 2.75) is 19.6 Å². The van der Waals surface area contributed by atoms with Crippen LogP contribution < -0.4 is 0 Å². The number of rotatable bonds is 5. The summed E-state index contributed by atoms with van der Waals surface area (Å²) < 4.78 is 5.36. The number of nitrogens with zero attached hydrogens (tertiary/aromatic N) is 1. The van der Waals surface area contributed by atoms with Crippen LogP contribution in [0, 0.1) is 10.1 Å². The quantitative estimate of drug-likeness (QED) is 0.666. The number of hydrogen-bond acceptors (Lipinski definition) is 4. The molecule has 0 saturated heterocycles. The van der Waals surface area contributed by atoms with Crippen LogP contribution in [0.5, 0.6) is 0 Å². The minimum absolute atomic E-state index is 0.00424. The van der Waals surface area contributed by atoms with Crippen molar-refractivity contribution in [1.29, 1.82) is 0 Å². The molecule has 1 unspecified atom stereocenters. The van der Waals surface area contributed by atoms with Gasteiger partial charge in [-0.3, -0.25) is 10.1 Å². The number of aliphatic carboxylic acids is 1. The first-order valence-corrected chi connectivity index (χ1v) is 5.49. The van der Waals surface area contributed by atoms with E-state index >= 15 is 0 Å². The van der Waals surface area contributed by atoms with Crippen molar-refractivity contribution >= 4 is 27.6 Å². The van der Waals surface area contributed by atoms with E-state index in [1.54, 1.807) is 6.07 Å². The molecule has 0 aromatic heterocycles. The lowest BCUT2D eigenvalue weighted by Gasteiger charge is -2.09. The first-order chi connectivity index (χ1) is 7.93. The normalized spacial score (nSPS) is 12.1. The van der Waals surface area contributed by atoms with Gasteiger partial charge in [0, 0.05) is 6.07 Å². The Labute approximate surface area is 105 Å². The molecule has 6 nitrogen and oxygen atoms in total. The molecule has 1 atom stereocenters. The van der Waals surface area contributed by atoms with Crippen LogP contribution in [-0.2, 0) is 16.1 Å². The van der Waals surface area contributed by atoms with Gasteiger partial charge < -0.3 is 9.84 Å². The first-order valence-electron chi connectivity index (χ1n) is 4.69. The first kappa shape index (κ1) is 13.6. The Bertz CT molecular complexity index is 448. The highest BCUT2D eigenvalue weighted by molar-refractivity contribution is 9.10. The largest absolute Gasteiger partial charge is 0.479 e. The number of carbonyl (C=O) groups is 1. The van der Waals surface area contributed by atoms with E-state index < -0.39 is 17.0 Å². The van der Waals surface area contributed by atoms with Gasteiger partial charge in [0.25, 0.3) is 5.69 Å². The van der Waals surface area contributed by atoms with E-state index in [1.165, 1.54) is 19.1 Å². The zero-order chi connectivity index (χ0) is 13.0. The van der Waals surface area contributed by atoms with Crippen LogP contribution in [0.3, 0.4) is 0 Å². The second-order valence-corrected chi connectivity index (χ2v) is 4.09. The average Bonchev–Trinajstić information content (AvgIpc) is 2.26. The third-order valence-corrected chi connectivity index (χ3v) is 3.01. The van der Waals surface area contributed by atoms with Crippen LogP contribution in [-0.4, -0.2) is 22.1 Å². The van der Waals surface area contributed by atoms with Crippen molar-refractivity contribution in [1.82, 2.24) is 0 Å². The lowest BCUT2D eigenvalue weighted by Crippen LogP contribution is -2.19. The van der Waals surface area contributed by atoms with Crippen molar-refractivity contribution in [3.8, 4) is 0 Å². The van der Waals surface area contributed by atoms with E-state index in [4.69, 9.17) is 9.84 Å². The van der Waals surface area contributed by atoms with Crippen LogP contribution in [0.1, 0.15) is 12.5 Å². The maximum Gasteiger partial charge on any atom is 0.332 e.